The van der Waals surface area contributed by atoms with Gasteiger partial charge in [0.1, 0.15) is 10.7 Å². The molecule has 5 heteroatoms. The smallest absolute Gasteiger partial charge is 0.272 e. The average molecular weight is 233 g/mol. The number of carbonyl (C=O) groups excluding carboxylic acids is 1. The summed E-state index contributed by atoms with van der Waals surface area (Å²) in [7, 11) is 3.42. The van der Waals surface area contributed by atoms with E-state index in [1.54, 1.807) is 26.5 Å². The molecule has 0 aromatic carbocycles. The fourth-order valence-electron chi connectivity index (χ4n) is 1.32. The normalized spacial score (nSPS) is 10.1. The van der Waals surface area contributed by atoms with Crippen LogP contribution in [-0.4, -0.2) is 34.9 Å². The molecule has 0 bridgehead atoms. The summed E-state index contributed by atoms with van der Waals surface area (Å²) in [6.45, 7) is 0. The molecule has 4 nitrogen and oxygen atoms in total. The fraction of sp³-hybridized carbons (Fsp3) is 0.182. The Morgan fingerprint density at radius 3 is 2.75 bits per heavy atom. The SMILES string of the molecule is CN(C)C(=O)c1ncccc1-c1nccs1. The van der Waals surface area contributed by atoms with E-state index < -0.39 is 0 Å². The third-order valence-electron chi connectivity index (χ3n) is 2.08. The number of amides is 1. The van der Waals surface area contributed by atoms with Gasteiger partial charge in [-0.15, -0.1) is 11.3 Å². The molecule has 0 radical (unpaired) electrons. The molecule has 2 aromatic rings. The lowest BCUT2D eigenvalue weighted by Crippen LogP contribution is -2.23. The highest BCUT2D eigenvalue weighted by molar-refractivity contribution is 7.13. The van der Waals surface area contributed by atoms with Crippen molar-refractivity contribution in [1.29, 1.82) is 0 Å². The van der Waals surface area contributed by atoms with Crippen LogP contribution in [0.4, 0.5) is 0 Å². The summed E-state index contributed by atoms with van der Waals surface area (Å²) < 4.78 is 0. The topological polar surface area (TPSA) is 46.1 Å². The Bertz CT molecular complexity index is 494. The molecule has 0 spiro atoms. The third kappa shape index (κ3) is 1.94. The van der Waals surface area contributed by atoms with E-state index in [-0.39, 0.29) is 5.91 Å². The third-order valence-corrected chi connectivity index (χ3v) is 2.89. The Hall–Kier alpha value is -1.75. The Kier molecular flexibility index (Phi) is 2.96. The first-order valence-corrected chi connectivity index (χ1v) is 5.64. The quantitative estimate of drug-likeness (QED) is 0.796. The van der Waals surface area contributed by atoms with Crippen LogP contribution in [0.25, 0.3) is 10.6 Å². The Morgan fingerprint density at radius 1 is 1.31 bits per heavy atom. The van der Waals surface area contributed by atoms with Crippen molar-refractivity contribution in [2.45, 2.75) is 0 Å². The van der Waals surface area contributed by atoms with Crippen molar-refractivity contribution in [3.63, 3.8) is 0 Å². The minimum absolute atomic E-state index is 0.106. The Balaban J connectivity index is 2.51. The number of thiazole rings is 1. The predicted molar refractivity (Wildman–Crippen MR) is 63.4 cm³/mol. The molecule has 2 aromatic heterocycles. The molecule has 0 unspecified atom stereocenters. The maximum atomic E-state index is 11.9. The van der Waals surface area contributed by atoms with Crippen molar-refractivity contribution in [2.75, 3.05) is 14.1 Å². The van der Waals surface area contributed by atoms with Crippen molar-refractivity contribution in [1.82, 2.24) is 14.9 Å². The summed E-state index contributed by atoms with van der Waals surface area (Å²) in [6.07, 6.45) is 3.34. The van der Waals surface area contributed by atoms with Gasteiger partial charge in [-0.25, -0.2) is 4.98 Å². The largest absolute Gasteiger partial charge is 0.343 e. The van der Waals surface area contributed by atoms with E-state index in [9.17, 15) is 4.79 Å². The lowest BCUT2D eigenvalue weighted by Gasteiger charge is -2.11. The Morgan fingerprint density at radius 2 is 2.12 bits per heavy atom. The first kappa shape index (κ1) is 10.8. The minimum Gasteiger partial charge on any atom is -0.343 e. The second-order valence-corrected chi connectivity index (χ2v) is 4.33. The number of hydrogen-bond donors (Lipinski definition) is 0. The molecule has 0 saturated heterocycles. The van der Waals surface area contributed by atoms with Crippen molar-refractivity contribution in [3.8, 4) is 10.6 Å². The monoisotopic (exact) mass is 233 g/mol. The van der Waals surface area contributed by atoms with Crippen LogP contribution < -0.4 is 0 Å². The van der Waals surface area contributed by atoms with Crippen LogP contribution in [-0.2, 0) is 0 Å². The molecule has 0 aliphatic heterocycles. The van der Waals surface area contributed by atoms with E-state index in [1.807, 2.05) is 17.5 Å². The summed E-state index contributed by atoms with van der Waals surface area (Å²) in [5, 5.41) is 2.70. The molecule has 1 amide bonds. The van der Waals surface area contributed by atoms with Crippen LogP contribution in [0.2, 0.25) is 0 Å². The molecule has 0 aliphatic rings. The van der Waals surface area contributed by atoms with Crippen molar-refractivity contribution in [2.24, 2.45) is 0 Å². The molecule has 82 valence electrons. The van der Waals surface area contributed by atoms with Crippen LogP contribution in [0.5, 0.6) is 0 Å². The average Bonchev–Trinajstić information content (AvgIpc) is 2.81. The standard InChI is InChI=1S/C11H11N3OS/c1-14(2)11(15)9-8(4-3-5-12-9)10-13-6-7-16-10/h3-7H,1-2H3. The highest BCUT2D eigenvalue weighted by atomic mass is 32.1. The Labute approximate surface area is 97.6 Å². The second-order valence-electron chi connectivity index (χ2n) is 3.44. The molecular weight excluding hydrogens is 222 g/mol. The van der Waals surface area contributed by atoms with E-state index in [4.69, 9.17) is 0 Å². The van der Waals surface area contributed by atoms with Gasteiger partial charge in [0, 0.05) is 37.4 Å². The summed E-state index contributed by atoms with van der Waals surface area (Å²) in [5.74, 6) is -0.106. The molecular formula is C11H11N3OS. The van der Waals surface area contributed by atoms with Gasteiger partial charge in [-0.2, -0.15) is 0 Å². The molecule has 16 heavy (non-hydrogen) atoms. The molecule has 0 fully saturated rings. The molecule has 0 saturated carbocycles. The lowest BCUT2D eigenvalue weighted by molar-refractivity contribution is 0.0823. The minimum atomic E-state index is -0.106. The predicted octanol–water partition coefficient (Wildman–Crippen LogP) is 1.91. The van der Waals surface area contributed by atoms with Crippen LogP contribution in [0.1, 0.15) is 10.5 Å². The van der Waals surface area contributed by atoms with Crippen molar-refractivity contribution in [3.05, 3.63) is 35.6 Å². The van der Waals surface area contributed by atoms with Gasteiger partial charge in [-0.3, -0.25) is 9.78 Å². The fourth-order valence-corrected chi connectivity index (χ4v) is 1.98. The van der Waals surface area contributed by atoms with Gasteiger partial charge in [0.25, 0.3) is 5.91 Å². The maximum absolute atomic E-state index is 11.9. The zero-order chi connectivity index (χ0) is 11.5. The zero-order valence-corrected chi connectivity index (χ0v) is 9.86. The van der Waals surface area contributed by atoms with E-state index >= 15 is 0 Å². The van der Waals surface area contributed by atoms with Gasteiger partial charge in [-0.05, 0) is 12.1 Å². The summed E-state index contributed by atoms with van der Waals surface area (Å²) in [4.78, 5) is 21.7. The highest BCUT2D eigenvalue weighted by Crippen LogP contribution is 2.24. The number of carbonyl (C=O) groups is 1. The van der Waals surface area contributed by atoms with Gasteiger partial charge in [0.15, 0.2) is 0 Å². The van der Waals surface area contributed by atoms with Gasteiger partial charge in [-0.1, -0.05) is 0 Å². The number of nitrogens with zero attached hydrogens (tertiary/aromatic N) is 3. The molecule has 2 heterocycles. The zero-order valence-electron chi connectivity index (χ0n) is 9.04. The molecule has 0 atom stereocenters. The molecule has 0 aliphatic carbocycles. The lowest BCUT2D eigenvalue weighted by atomic mass is 10.2. The van der Waals surface area contributed by atoms with Crippen LogP contribution in [0, 0.1) is 0 Å². The van der Waals surface area contributed by atoms with Gasteiger partial charge < -0.3 is 4.90 Å². The first-order valence-electron chi connectivity index (χ1n) is 4.76. The number of aromatic nitrogens is 2. The second kappa shape index (κ2) is 4.40. The van der Waals surface area contributed by atoms with Crippen LogP contribution in [0.3, 0.4) is 0 Å². The maximum Gasteiger partial charge on any atom is 0.272 e. The van der Waals surface area contributed by atoms with Gasteiger partial charge in [0.2, 0.25) is 0 Å². The van der Waals surface area contributed by atoms with Crippen molar-refractivity contribution < 1.29 is 4.79 Å². The highest BCUT2D eigenvalue weighted by Gasteiger charge is 2.16. The van der Waals surface area contributed by atoms with Crippen LogP contribution in [0.15, 0.2) is 29.9 Å². The summed E-state index contributed by atoms with van der Waals surface area (Å²) >= 11 is 1.50. The summed E-state index contributed by atoms with van der Waals surface area (Å²) in [6, 6.07) is 3.67. The van der Waals surface area contributed by atoms with Crippen molar-refractivity contribution >= 4 is 17.2 Å². The molecule has 2 rings (SSSR count). The summed E-state index contributed by atoms with van der Waals surface area (Å²) in [5.41, 5.74) is 1.23. The number of pyridine rings is 1. The number of hydrogen-bond acceptors (Lipinski definition) is 4. The van der Waals surface area contributed by atoms with E-state index in [2.05, 4.69) is 9.97 Å². The number of rotatable bonds is 2. The van der Waals surface area contributed by atoms with Gasteiger partial charge in [0.05, 0.1) is 0 Å². The van der Waals surface area contributed by atoms with E-state index in [1.165, 1.54) is 16.2 Å². The molecule has 0 N–H and O–H groups in total. The van der Waals surface area contributed by atoms with Gasteiger partial charge >= 0.3 is 0 Å². The first-order chi connectivity index (χ1) is 7.70. The van der Waals surface area contributed by atoms with Crippen LogP contribution >= 0.6 is 11.3 Å². The van der Waals surface area contributed by atoms with E-state index in [0.29, 0.717) is 5.69 Å². The van der Waals surface area contributed by atoms with E-state index in [0.717, 1.165) is 10.6 Å².